The Balaban J connectivity index is 0.00000256. The van der Waals surface area contributed by atoms with Gasteiger partial charge >= 0.3 is 0 Å². The van der Waals surface area contributed by atoms with Crippen LogP contribution >= 0.6 is 24.0 Å². The zero-order valence-corrected chi connectivity index (χ0v) is 12.9. The number of nitrogens with zero attached hydrogens (tertiary/aromatic N) is 2. The van der Waals surface area contributed by atoms with E-state index in [0.29, 0.717) is 18.3 Å². The Bertz CT molecular complexity index is 348. The number of hydrogen-bond donors (Lipinski definition) is 2. The van der Waals surface area contributed by atoms with E-state index in [1.54, 1.807) is 32.4 Å². The van der Waals surface area contributed by atoms with Crippen LogP contribution in [0.25, 0.3) is 0 Å². The molecule has 1 aromatic heterocycles. The number of halogens is 1. The molecule has 0 spiro atoms. The summed E-state index contributed by atoms with van der Waals surface area (Å²) in [4.78, 5) is 5.91. The summed E-state index contributed by atoms with van der Waals surface area (Å²) in [5.74, 6) is 1.25. The second kappa shape index (κ2) is 6.85. The third kappa shape index (κ3) is 4.55. The van der Waals surface area contributed by atoms with Gasteiger partial charge in [-0.1, -0.05) is 0 Å². The van der Waals surface area contributed by atoms with Gasteiger partial charge in [0.1, 0.15) is 11.4 Å². The molecular weight excluding hydrogens is 333 g/mol. The zero-order chi connectivity index (χ0) is 12.2. The molecule has 0 fully saturated rings. The summed E-state index contributed by atoms with van der Waals surface area (Å²) in [5, 5.41) is 13.2. The number of aliphatic imine (C=N–C) groups is 1. The molecule has 1 aromatic rings. The van der Waals surface area contributed by atoms with Crippen molar-refractivity contribution in [3.8, 4) is 0 Å². The molecule has 5 nitrogen and oxygen atoms in total. The van der Waals surface area contributed by atoms with Crippen LogP contribution in [0, 0.1) is 0 Å². The minimum absolute atomic E-state index is 0. The lowest BCUT2D eigenvalue weighted by molar-refractivity contribution is 0.0382. The molecule has 1 rings (SSSR count). The van der Waals surface area contributed by atoms with Crippen LogP contribution in [-0.2, 0) is 5.60 Å². The highest BCUT2D eigenvalue weighted by Gasteiger charge is 2.26. The van der Waals surface area contributed by atoms with E-state index in [1.165, 1.54) is 0 Å². The molecule has 2 N–H and O–H groups in total. The molecule has 0 saturated carbocycles. The van der Waals surface area contributed by atoms with Crippen LogP contribution in [-0.4, -0.2) is 43.7 Å². The van der Waals surface area contributed by atoms with E-state index in [1.807, 2.05) is 19.0 Å². The van der Waals surface area contributed by atoms with Gasteiger partial charge in [-0.05, 0) is 19.1 Å². The van der Waals surface area contributed by atoms with E-state index in [0.717, 1.165) is 0 Å². The molecule has 98 valence electrons. The van der Waals surface area contributed by atoms with Crippen LogP contribution < -0.4 is 5.32 Å². The van der Waals surface area contributed by atoms with Gasteiger partial charge in [0.2, 0.25) is 0 Å². The molecule has 0 bridgehead atoms. The molecule has 1 heterocycles. The first-order valence-electron chi connectivity index (χ1n) is 5.11. The van der Waals surface area contributed by atoms with Gasteiger partial charge in [-0.15, -0.1) is 24.0 Å². The minimum atomic E-state index is -1.05. The number of guanidine groups is 1. The van der Waals surface area contributed by atoms with Gasteiger partial charge in [0.25, 0.3) is 0 Å². The van der Waals surface area contributed by atoms with Crippen molar-refractivity contribution in [2.45, 2.75) is 12.5 Å². The SMILES string of the molecule is CN=C(NCC(C)(O)c1ccco1)N(C)C.I. The van der Waals surface area contributed by atoms with Gasteiger partial charge in [-0.25, -0.2) is 0 Å². The molecule has 0 aliphatic heterocycles. The largest absolute Gasteiger partial charge is 0.466 e. The molecule has 0 amide bonds. The van der Waals surface area contributed by atoms with Crippen molar-refractivity contribution in [2.24, 2.45) is 4.99 Å². The quantitative estimate of drug-likeness (QED) is 0.488. The third-order valence-corrected chi connectivity index (χ3v) is 2.28. The highest BCUT2D eigenvalue weighted by Crippen LogP contribution is 2.19. The molecule has 1 atom stereocenters. The fraction of sp³-hybridized carbons (Fsp3) is 0.545. The Morgan fingerprint density at radius 1 is 1.59 bits per heavy atom. The molecule has 1 unspecified atom stereocenters. The zero-order valence-electron chi connectivity index (χ0n) is 10.6. The third-order valence-electron chi connectivity index (χ3n) is 2.28. The fourth-order valence-corrected chi connectivity index (χ4v) is 1.36. The first-order valence-corrected chi connectivity index (χ1v) is 5.11. The second-order valence-corrected chi connectivity index (χ2v) is 4.05. The number of rotatable bonds is 3. The molecule has 17 heavy (non-hydrogen) atoms. The van der Waals surface area contributed by atoms with Crippen LogP contribution in [0.15, 0.2) is 27.8 Å². The lowest BCUT2D eigenvalue weighted by Crippen LogP contribution is -2.43. The number of aliphatic hydroxyl groups is 1. The fourth-order valence-electron chi connectivity index (χ4n) is 1.36. The summed E-state index contributed by atoms with van der Waals surface area (Å²) >= 11 is 0. The Hall–Kier alpha value is -0.760. The molecule has 6 heteroatoms. The summed E-state index contributed by atoms with van der Waals surface area (Å²) in [5.41, 5.74) is -1.05. The number of nitrogens with one attached hydrogen (secondary N) is 1. The lowest BCUT2D eigenvalue weighted by Gasteiger charge is -2.24. The summed E-state index contributed by atoms with van der Waals surface area (Å²) < 4.78 is 5.18. The number of furan rings is 1. The molecule has 0 aromatic carbocycles. The molecule has 0 radical (unpaired) electrons. The molecule has 0 aliphatic rings. The van der Waals surface area contributed by atoms with Crippen LogP contribution in [0.5, 0.6) is 0 Å². The number of hydrogen-bond acceptors (Lipinski definition) is 3. The van der Waals surface area contributed by atoms with Crippen molar-refractivity contribution in [3.63, 3.8) is 0 Å². The Morgan fingerprint density at radius 3 is 2.65 bits per heavy atom. The smallest absolute Gasteiger partial charge is 0.193 e. The monoisotopic (exact) mass is 353 g/mol. The average Bonchev–Trinajstić information content (AvgIpc) is 2.71. The van der Waals surface area contributed by atoms with E-state index in [2.05, 4.69) is 10.3 Å². The first kappa shape index (κ1) is 16.2. The molecular formula is C11H20IN3O2. The van der Waals surface area contributed by atoms with Gasteiger partial charge in [0, 0.05) is 21.1 Å². The minimum Gasteiger partial charge on any atom is -0.466 e. The maximum atomic E-state index is 10.2. The lowest BCUT2D eigenvalue weighted by atomic mass is 10.0. The van der Waals surface area contributed by atoms with Gasteiger partial charge in [-0.3, -0.25) is 4.99 Å². The average molecular weight is 353 g/mol. The Labute approximate surface area is 119 Å². The van der Waals surface area contributed by atoms with Crippen molar-refractivity contribution in [1.82, 2.24) is 10.2 Å². The van der Waals surface area contributed by atoms with E-state index < -0.39 is 5.60 Å². The second-order valence-electron chi connectivity index (χ2n) is 4.05. The van der Waals surface area contributed by atoms with Gasteiger partial charge < -0.3 is 19.7 Å². The summed E-state index contributed by atoms with van der Waals surface area (Å²) in [6.07, 6.45) is 1.55. The van der Waals surface area contributed by atoms with Crippen molar-refractivity contribution < 1.29 is 9.52 Å². The normalized spacial score (nSPS) is 14.8. The van der Waals surface area contributed by atoms with Crippen LogP contribution in [0.3, 0.4) is 0 Å². The maximum Gasteiger partial charge on any atom is 0.193 e. The highest BCUT2D eigenvalue weighted by molar-refractivity contribution is 14.0. The topological polar surface area (TPSA) is 61.0 Å². The predicted octanol–water partition coefficient (Wildman–Crippen LogP) is 1.24. The maximum absolute atomic E-state index is 10.2. The highest BCUT2D eigenvalue weighted by atomic mass is 127. The van der Waals surface area contributed by atoms with Crippen molar-refractivity contribution in [3.05, 3.63) is 24.2 Å². The van der Waals surface area contributed by atoms with Crippen molar-refractivity contribution in [1.29, 1.82) is 0 Å². The van der Waals surface area contributed by atoms with Gasteiger partial charge in [0.05, 0.1) is 12.8 Å². The van der Waals surface area contributed by atoms with Crippen LogP contribution in [0.4, 0.5) is 0 Å². The summed E-state index contributed by atoms with van der Waals surface area (Å²) in [6, 6.07) is 3.50. The Kier molecular flexibility index (Phi) is 6.54. The van der Waals surface area contributed by atoms with E-state index in [9.17, 15) is 5.11 Å². The van der Waals surface area contributed by atoms with E-state index in [-0.39, 0.29) is 24.0 Å². The van der Waals surface area contributed by atoms with Crippen molar-refractivity contribution in [2.75, 3.05) is 27.7 Å². The van der Waals surface area contributed by atoms with Crippen LogP contribution in [0.2, 0.25) is 0 Å². The first-order chi connectivity index (χ1) is 7.47. The van der Waals surface area contributed by atoms with E-state index >= 15 is 0 Å². The van der Waals surface area contributed by atoms with E-state index in [4.69, 9.17) is 4.42 Å². The van der Waals surface area contributed by atoms with Gasteiger partial charge in [0.15, 0.2) is 5.96 Å². The van der Waals surface area contributed by atoms with Crippen LogP contribution in [0.1, 0.15) is 12.7 Å². The van der Waals surface area contributed by atoms with Crippen molar-refractivity contribution >= 4 is 29.9 Å². The summed E-state index contributed by atoms with van der Waals surface area (Å²) in [6.45, 7) is 2.03. The molecule has 0 aliphatic carbocycles. The summed E-state index contributed by atoms with van der Waals surface area (Å²) in [7, 11) is 5.47. The predicted molar refractivity (Wildman–Crippen MR) is 78.7 cm³/mol. The standard InChI is InChI=1S/C11H19N3O2.HI/c1-11(15,9-6-5-7-16-9)8-13-10(12-2)14(3)4;/h5-7,15H,8H2,1-4H3,(H,12,13);1H. The van der Waals surface area contributed by atoms with Gasteiger partial charge in [-0.2, -0.15) is 0 Å². The Morgan fingerprint density at radius 2 is 2.24 bits per heavy atom. The molecule has 0 saturated heterocycles.